The maximum atomic E-state index is 12.9. The van der Waals surface area contributed by atoms with Crippen LogP contribution in [-0.2, 0) is 9.53 Å². The van der Waals surface area contributed by atoms with Crippen LogP contribution in [0.15, 0.2) is 12.4 Å². The van der Waals surface area contributed by atoms with Crippen molar-refractivity contribution in [2.24, 2.45) is 0 Å². The lowest BCUT2D eigenvalue weighted by Gasteiger charge is -2.33. The first-order valence-electron chi connectivity index (χ1n) is 5.28. The molecule has 2 heterocycles. The van der Waals surface area contributed by atoms with Crippen molar-refractivity contribution in [2.75, 3.05) is 13.7 Å². The Hall–Kier alpha value is -0.900. The van der Waals surface area contributed by atoms with Crippen LogP contribution in [0.2, 0.25) is 0 Å². The van der Waals surface area contributed by atoms with Crippen molar-refractivity contribution in [1.82, 2.24) is 4.90 Å². The molecule has 2 aliphatic rings. The molecule has 0 atom stereocenters. The molecule has 0 aromatic rings. The number of hydrogen-bond acceptors (Lipinski definition) is 2. The predicted octanol–water partition coefficient (Wildman–Crippen LogP) is 1.64. The Labute approximate surface area is 88.9 Å². The molecule has 2 fully saturated rings. The molecule has 0 spiro atoms. The summed E-state index contributed by atoms with van der Waals surface area (Å²) in [6.07, 6.45) is 3.76. The summed E-state index contributed by atoms with van der Waals surface area (Å²) in [7, 11) is 1.62. The van der Waals surface area contributed by atoms with Crippen molar-refractivity contribution in [1.29, 1.82) is 0 Å². The largest absolute Gasteiger partial charge is 0.382 e. The lowest BCUT2D eigenvalue weighted by Crippen LogP contribution is -2.48. The summed E-state index contributed by atoms with van der Waals surface area (Å²) in [5, 5.41) is 0. The van der Waals surface area contributed by atoms with E-state index in [1.165, 1.54) is 0 Å². The lowest BCUT2D eigenvalue weighted by molar-refractivity contribution is -0.134. The standard InChI is InChI=1S/C11H16FNO2/c1-8(12)10(14)13-9-3-5-11(13,6-4-9)7-15-2/h9H,1,3-7H2,2H3. The van der Waals surface area contributed by atoms with Gasteiger partial charge in [0.1, 0.15) is 0 Å². The van der Waals surface area contributed by atoms with E-state index >= 15 is 0 Å². The number of carbonyl (C=O) groups excluding carboxylic acids is 1. The SMILES string of the molecule is C=C(F)C(=O)N1C2CCC1(COC)CC2. The monoisotopic (exact) mass is 213 g/mol. The molecule has 15 heavy (non-hydrogen) atoms. The number of nitrogens with zero attached hydrogens (tertiary/aromatic N) is 1. The molecule has 0 saturated carbocycles. The molecule has 1 amide bonds. The zero-order valence-electron chi connectivity index (χ0n) is 8.96. The molecule has 0 aliphatic carbocycles. The second-order valence-corrected chi connectivity index (χ2v) is 4.47. The molecule has 2 aliphatic heterocycles. The zero-order chi connectivity index (χ0) is 11.1. The van der Waals surface area contributed by atoms with Crippen LogP contribution in [-0.4, -0.2) is 36.1 Å². The van der Waals surface area contributed by atoms with E-state index < -0.39 is 11.7 Å². The van der Waals surface area contributed by atoms with Crippen LogP contribution < -0.4 is 0 Å². The van der Waals surface area contributed by atoms with Gasteiger partial charge in [0.15, 0.2) is 5.83 Å². The number of hydrogen-bond donors (Lipinski definition) is 0. The fourth-order valence-electron chi connectivity index (χ4n) is 3.02. The Morgan fingerprint density at radius 2 is 2.20 bits per heavy atom. The van der Waals surface area contributed by atoms with Crippen molar-refractivity contribution in [3.05, 3.63) is 12.4 Å². The van der Waals surface area contributed by atoms with Gasteiger partial charge in [-0.1, -0.05) is 6.58 Å². The fourth-order valence-corrected chi connectivity index (χ4v) is 3.02. The summed E-state index contributed by atoms with van der Waals surface area (Å²) in [4.78, 5) is 13.3. The quantitative estimate of drug-likeness (QED) is 0.667. The number of amides is 1. The van der Waals surface area contributed by atoms with Crippen molar-refractivity contribution < 1.29 is 13.9 Å². The summed E-state index contributed by atoms with van der Waals surface area (Å²) >= 11 is 0. The lowest BCUT2D eigenvalue weighted by atomic mass is 9.88. The molecule has 2 rings (SSSR count). The normalized spacial score (nSPS) is 33.5. The highest BCUT2D eigenvalue weighted by Crippen LogP contribution is 2.47. The molecule has 0 aromatic heterocycles. The van der Waals surface area contributed by atoms with Crippen molar-refractivity contribution in [3.63, 3.8) is 0 Å². The van der Waals surface area contributed by atoms with Gasteiger partial charge in [-0.3, -0.25) is 4.79 Å². The Bertz CT molecular complexity index is 295. The van der Waals surface area contributed by atoms with Gasteiger partial charge in [-0.15, -0.1) is 0 Å². The highest BCUT2D eigenvalue weighted by atomic mass is 19.1. The van der Waals surface area contributed by atoms with Crippen LogP contribution in [0.4, 0.5) is 4.39 Å². The van der Waals surface area contributed by atoms with E-state index in [9.17, 15) is 9.18 Å². The van der Waals surface area contributed by atoms with E-state index in [0.717, 1.165) is 25.7 Å². The van der Waals surface area contributed by atoms with Gasteiger partial charge in [-0.05, 0) is 25.7 Å². The smallest absolute Gasteiger partial charge is 0.282 e. The van der Waals surface area contributed by atoms with E-state index in [2.05, 4.69) is 6.58 Å². The molecule has 2 saturated heterocycles. The van der Waals surface area contributed by atoms with Crippen LogP contribution in [0.3, 0.4) is 0 Å². The van der Waals surface area contributed by atoms with E-state index in [1.807, 2.05) is 0 Å². The number of rotatable bonds is 3. The Morgan fingerprint density at radius 1 is 1.60 bits per heavy atom. The Kier molecular flexibility index (Phi) is 2.54. The van der Waals surface area contributed by atoms with Gasteiger partial charge < -0.3 is 9.64 Å². The van der Waals surface area contributed by atoms with E-state index in [1.54, 1.807) is 12.0 Å². The van der Waals surface area contributed by atoms with Crippen LogP contribution >= 0.6 is 0 Å². The maximum Gasteiger partial charge on any atom is 0.282 e. The third-order valence-electron chi connectivity index (χ3n) is 3.63. The van der Waals surface area contributed by atoms with Crippen molar-refractivity contribution in [2.45, 2.75) is 37.3 Å². The Morgan fingerprint density at radius 3 is 2.67 bits per heavy atom. The third-order valence-corrected chi connectivity index (χ3v) is 3.63. The molecule has 0 unspecified atom stereocenters. The highest BCUT2D eigenvalue weighted by molar-refractivity contribution is 5.92. The number of fused-ring (bicyclic) bond motifs is 2. The fraction of sp³-hybridized carbons (Fsp3) is 0.727. The average molecular weight is 213 g/mol. The summed E-state index contributed by atoms with van der Waals surface area (Å²) in [6.45, 7) is 3.59. The molecular formula is C11H16FNO2. The van der Waals surface area contributed by atoms with Crippen LogP contribution in [0.1, 0.15) is 25.7 Å². The number of carbonyl (C=O) groups is 1. The minimum absolute atomic E-state index is 0.195. The summed E-state index contributed by atoms with van der Waals surface area (Å²) in [5.74, 6) is -1.41. The maximum absolute atomic E-state index is 12.9. The second-order valence-electron chi connectivity index (χ2n) is 4.47. The summed E-state index contributed by atoms with van der Waals surface area (Å²) in [6, 6.07) is 0.195. The molecule has 84 valence electrons. The number of halogens is 1. The molecule has 0 N–H and O–H groups in total. The Balaban J connectivity index is 2.23. The van der Waals surface area contributed by atoms with Crippen LogP contribution in [0.5, 0.6) is 0 Å². The van der Waals surface area contributed by atoms with Crippen LogP contribution in [0.25, 0.3) is 0 Å². The van der Waals surface area contributed by atoms with Crippen molar-refractivity contribution in [3.8, 4) is 0 Å². The molecule has 0 aromatic carbocycles. The average Bonchev–Trinajstić information content (AvgIpc) is 2.71. The predicted molar refractivity (Wildman–Crippen MR) is 54.0 cm³/mol. The minimum atomic E-state index is -0.857. The van der Waals surface area contributed by atoms with E-state index in [4.69, 9.17) is 4.74 Å². The highest BCUT2D eigenvalue weighted by Gasteiger charge is 2.54. The number of methoxy groups -OCH3 is 1. The van der Waals surface area contributed by atoms with E-state index in [0.29, 0.717) is 6.61 Å². The van der Waals surface area contributed by atoms with Gasteiger partial charge in [0.25, 0.3) is 5.91 Å². The van der Waals surface area contributed by atoms with Gasteiger partial charge >= 0.3 is 0 Å². The summed E-state index contributed by atoms with van der Waals surface area (Å²) in [5.41, 5.74) is -0.258. The second kappa shape index (κ2) is 3.59. The molecule has 2 bridgehead atoms. The van der Waals surface area contributed by atoms with Crippen LogP contribution in [0, 0.1) is 0 Å². The molecule has 3 nitrogen and oxygen atoms in total. The topological polar surface area (TPSA) is 29.5 Å². The third kappa shape index (κ3) is 1.47. The van der Waals surface area contributed by atoms with Gasteiger partial charge in [0.05, 0.1) is 12.1 Å². The van der Waals surface area contributed by atoms with Gasteiger partial charge in [-0.2, -0.15) is 0 Å². The minimum Gasteiger partial charge on any atom is -0.382 e. The zero-order valence-corrected chi connectivity index (χ0v) is 8.96. The van der Waals surface area contributed by atoms with E-state index in [-0.39, 0.29) is 11.6 Å². The number of ether oxygens (including phenoxy) is 1. The first-order valence-corrected chi connectivity index (χ1v) is 5.28. The van der Waals surface area contributed by atoms with Gasteiger partial charge in [-0.25, -0.2) is 4.39 Å². The molecular weight excluding hydrogens is 197 g/mol. The first kappa shape index (κ1) is 10.6. The molecule has 4 heteroatoms. The van der Waals surface area contributed by atoms with Crippen molar-refractivity contribution >= 4 is 5.91 Å². The molecule has 0 radical (unpaired) electrons. The summed E-state index contributed by atoms with van der Waals surface area (Å²) < 4.78 is 18.1. The van der Waals surface area contributed by atoms with Gasteiger partial charge in [0.2, 0.25) is 0 Å². The van der Waals surface area contributed by atoms with Gasteiger partial charge in [0, 0.05) is 13.2 Å². The first-order chi connectivity index (χ1) is 7.10.